The molecule has 2 bridgehead atoms. The van der Waals surface area contributed by atoms with E-state index in [1.807, 2.05) is 6.07 Å². The number of hydrogen-bond acceptors (Lipinski definition) is 4. The first-order chi connectivity index (χ1) is 13.4. The van der Waals surface area contributed by atoms with E-state index >= 15 is 0 Å². The van der Waals surface area contributed by atoms with Crippen molar-refractivity contribution >= 4 is 11.9 Å². The number of fused-ring (bicyclic) bond motifs is 2. The predicted octanol–water partition coefficient (Wildman–Crippen LogP) is 4.22. The van der Waals surface area contributed by atoms with E-state index in [0.29, 0.717) is 29.9 Å². The fourth-order valence-corrected chi connectivity index (χ4v) is 5.65. The van der Waals surface area contributed by atoms with Crippen LogP contribution >= 0.6 is 0 Å². The molecule has 1 saturated heterocycles. The van der Waals surface area contributed by atoms with Gasteiger partial charge in [-0.2, -0.15) is 0 Å². The van der Waals surface area contributed by atoms with Crippen LogP contribution in [0.5, 0.6) is 0 Å². The highest BCUT2D eigenvalue weighted by atomic mass is 16.5. The number of rotatable bonds is 4. The molecule has 4 rings (SSSR count). The summed E-state index contributed by atoms with van der Waals surface area (Å²) in [5.41, 5.74) is -0.364. The van der Waals surface area contributed by atoms with Gasteiger partial charge in [0.1, 0.15) is 17.3 Å². The van der Waals surface area contributed by atoms with Crippen LogP contribution in [0.15, 0.2) is 24.4 Å². The minimum absolute atomic E-state index is 0.0293. The fraction of sp³-hybridized carbons (Fsp3) is 0.696. The molecule has 5 nitrogen and oxygen atoms in total. The van der Waals surface area contributed by atoms with Crippen LogP contribution in [0.25, 0.3) is 0 Å². The van der Waals surface area contributed by atoms with Crippen LogP contribution < -0.4 is 0 Å². The van der Waals surface area contributed by atoms with E-state index in [1.54, 1.807) is 23.2 Å². The maximum atomic E-state index is 13.4. The van der Waals surface area contributed by atoms with E-state index in [4.69, 9.17) is 4.74 Å². The van der Waals surface area contributed by atoms with Gasteiger partial charge in [0.2, 0.25) is 0 Å². The van der Waals surface area contributed by atoms with Crippen molar-refractivity contribution in [3.63, 3.8) is 0 Å². The molecule has 5 heteroatoms. The van der Waals surface area contributed by atoms with E-state index in [0.717, 1.165) is 32.1 Å². The SMILES string of the molecule is CC(C)[C@@H]1CC[C@@H](C)CC1OC(=O)[C@]12CCC[C@H](C1)N2C(=O)c1ccccn1. The van der Waals surface area contributed by atoms with Crippen molar-refractivity contribution in [2.45, 2.75) is 83.4 Å². The molecule has 2 saturated carbocycles. The van der Waals surface area contributed by atoms with Crippen LogP contribution in [-0.4, -0.2) is 39.4 Å². The van der Waals surface area contributed by atoms with Crippen molar-refractivity contribution < 1.29 is 14.3 Å². The van der Waals surface area contributed by atoms with Gasteiger partial charge in [0, 0.05) is 18.7 Å². The summed E-state index contributed by atoms with van der Waals surface area (Å²) in [5, 5.41) is 0. The number of hydrogen-bond donors (Lipinski definition) is 0. The maximum Gasteiger partial charge on any atom is 0.332 e. The number of piperidine rings is 1. The molecule has 5 atom stereocenters. The third-order valence-corrected chi connectivity index (χ3v) is 7.23. The van der Waals surface area contributed by atoms with Gasteiger partial charge in [-0.1, -0.05) is 33.3 Å². The van der Waals surface area contributed by atoms with Crippen LogP contribution in [0.4, 0.5) is 0 Å². The first-order valence-electron chi connectivity index (χ1n) is 10.9. The van der Waals surface area contributed by atoms with Gasteiger partial charge in [-0.15, -0.1) is 0 Å². The van der Waals surface area contributed by atoms with Crippen LogP contribution in [-0.2, 0) is 9.53 Å². The topological polar surface area (TPSA) is 59.5 Å². The molecule has 3 aliphatic rings. The molecule has 1 aromatic heterocycles. The predicted molar refractivity (Wildman–Crippen MR) is 107 cm³/mol. The first kappa shape index (κ1) is 19.4. The van der Waals surface area contributed by atoms with Crippen molar-refractivity contribution in [2.24, 2.45) is 17.8 Å². The number of esters is 1. The minimum atomic E-state index is -0.778. The quantitative estimate of drug-likeness (QED) is 0.729. The lowest BCUT2D eigenvalue weighted by Crippen LogP contribution is -2.74. The summed E-state index contributed by atoms with van der Waals surface area (Å²) in [6.45, 7) is 6.68. The van der Waals surface area contributed by atoms with Gasteiger partial charge < -0.3 is 9.64 Å². The van der Waals surface area contributed by atoms with Crippen LogP contribution in [0.3, 0.4) is 0 Å². The van der Waals surface area contributed by atoms with E-state index in [2.05, 4.69) is 25.8 Å². The zero-order valence-electron chi connectivity index (χ0n) is 17.3. The summed E-state index contributed by atoms with van der Waals surface area (Å²) in [6, 6.07) is 5.49. The minimum Gasteiger partial charge on any atom is -0.460 e. The number of carbonyl (C=O) groups is 2. The van der Waals surface area contributed by atoms with E-state index in [-0.39, 0.29) is 24.0 Å². The molecule has 28 heavy (non-hydrogen) atoms. The Hall–Kier alpha value is -1.91. The van der Waals surface area contributed by atoms with Gasteiger partial charge in [-0.25, -0.2) is 4.79 Å². The van der Waals surface area contributed by atoms with Crippen LogP contribution in [0, 0.1) is 17.8 Å². The Morgan fingerprint density at radius 2 is 2.07 bits per heavy atom. The molecular weight excluding hydrogens is 352 g/mol. The third-order valence-electron chi connectivity index (χ3n) is 7.23. The zero-order valence-corrected chi connectivity index (χ0v) is 17.3. The Balaban J connectivity index is 1.54. The van der Waals surface area contributed by atoms with Crippen molar-refractivity contribution in [3.05, 3.63) is 30.1 Å². The van der Waals surface area contributed by atoms with E-state index < -0.39 is 5.54 Å². The Bertz CT molecular complexity index is 731. The van der Waals surface area contributed by atoms with Gasteiger partial charge >= 0.3 is 5.97 Å². The molecule has 0 radical (unpaired) electrons. The number of carbonyl (C=O) groups excluding carboxylic acids is 2. The fourth-order valence-electron chi connectivity index (χ4n) is 5.65. The second-order valence-electron chi connectivity index (χ2n) is 9.44. The molecule has 2 aliphatic carbocycles. The molecule has 3 fully saturated rings. The maximum absolute atomic E-state index is 13.4. The van der Waals surface area contributed by atoms with Gasteiger partial charge in [0.05, 0.1) is 0 Å². The largest absolute Gasteiger partial charge is 0.460 e. The van der Waals surface area contributed by atoms with Gasteiger partial charge in [-0.05, 0) is 62.0 Å². The number of amides is 1. The summed E-state index contributed by atoms with van der Waals surface area (Å²) in [4.78, 5) is 32.5. The molecule has 1 amide bonds. The third kappa shape index (κ3) is 3.23. The van der Waals surface area contributed by atoms with Gasteiger partial charge in [-0.3, -0.25) is 9.78 Å². The lowest BCUT2D eigenvalue weighted by atomic mass is 9.67. The lowest BCUT2D eigenvalue weighted by Gasteiger charge is -2.60. The molecule has 1 aromatic rings. The van der Waals surface area contributed by atoms with Crippen molar-refractivity contribution in [3.8, 4) is 0 Å². The van der Waals surface area contributed by atoms with Crippen molar-refractivity contribution in [2.75, 3.05) is 0 Å². The summed E-state index contributed by atoms with van der Waals surface area (Å²) < 4.78 is 6.18. The Labute approximate surface area is 167 Å². The number of aromatic nitrogens is 1. The van der Waals surface area contributed by atoms with Crippen LogP contribution in [0.1, 0.15) is 76.2 Å². The molecule has 0 spiro atoms. The number of nitrogens with zero attached hydrogens (tertiary/aromatic N) is 2. The smallest absolute Gasteiger partial charge is 0.332 e. The summed E-state index contributed by atoms with van der Waals surface area (Å²) in [5.74, 6) is 1.17. The molecular formula is C23H32N2O3. The van der Waals surface area contributed by atoms with Crippen LogP contribution in [0.2, 0.25) is 0 Å². The molecule has 1 unspecified atom stereocenters. The van der Waals surface area contributed by atoms with Gasteiger partial charge in [0.25, 0.3) is 5.91 Å². The number of ether oxygens (including phenoxy) is 1. The molecule has 0 N–H and O–H groups in total. The highest BCUT2D eigenvalue weighted by molar-refractivity contribution is 5.98. The molecule has 152 valence electrons. The first-order valence-corrected chi connectivity index (χ1v) is 10.9. The summed E-state index contributed by atoms with van der Waals surface area (Å²) >= 11 is 0. The van der Waals surface area contributed by atoms with E-state index in [1.165, 1.54) is 6.42 Å². The highest BCUT2D eigenvalue weighted by Gasteiger charge is 2.62. The second kappa shape index (κ2) is 7.49. The summed E-state index contributed by atoms with van der Waals surface area (Å²) in [6.07, 6.45) is 8.22. The Morgan fingerprint density at radius 3 is 2.75 bits per heavy atom. The monoisotopic (exact) mass is 384 g/mol. The van der Waals surface area contributed by atoms with Gasteiger partial charge in [0.15, 0.2) is 0 Å². The zero-order chi connectivity index (χ0) is 19.9. The summed E-state index contributed by atoms with van der Waals surface area (Å²) in [7, 11) is 0. The average molecular weight is 385 g/mol. The molecule has 1 aliphatic heterocycles. The van der Waals surface area contributed by atoms with Crippen molar-refractivity contribution in [1.29, 1.82) is 0 Å². The second-order valence-corrected chi connectivity index (χ2v) is 9.44. The Morgan fingerprint density at radius 1 is 1.25 bits per heavy atom. The lowest BCUT2D eigenvalue weighted by molar-refractivity contribution is -0.188. The van der Waals surface area contributed by atoms with Crippen molar-refractivity contribution in [1.82, 2.24) is 9.88 Å². The number of pyridine rings is 1. The van der Waals surface area contributed by atoms with E-state index in [9.17, 15) is 9.59 Å². The number of likely N-dealkylation sites (tertiary alicyclic amines) is 1. The average Bonchev–Trinajstić information content (AvgIpc) is 2.68. The molecule has 2 heterocycles. The molecule has 0 aromatic carbocycles. The normalized spacial score (nSPS) is 34.6. The Kier molecular flexibility index (Phi) is 5.19. The standard InChI is InChI=1S/C23H32N2O3/c1-15(2)18-10-9-16(3)13-20(18)28-22(27)23-11-6-7-17(14-23)25(23)21(26)19-8-4-5-12-24-19/h4-5,8,12,15-18,20H,6-7,9-11,13-14H2,1-3H3/t16-,17-,18+,20?,23+/m1/s1. The highest BCUT2D eigenvalue weighted by Crippen LogP contribution is 2.49.